The van der Waals surface area contributed by atoms with Crippen molar-refractivity contribution in [2.75, 3.05) is 13.1 Å². The maximum absolute atomic E-state index is 12.1. The van der Waals surface area contributed by atoms with Gasteiger partial charge in [-0.2, -0.15) is 0 Å². The summed E-state index contributed by atoms with van der Waals surface area (Å²) < 4.78 is 1.40. The van der Waals surface area contributed by atoms with Crippen molar-refractivity contribution in [3.8, 4) is 0 Å². The number of amides is 1. The molecule has 0 unspecified atom stereocenters. The van der Waals surface area contributed by atoms with Crippen LogP contribution in [0.3, 0.4) is 0 Å². The first-order chi connectivity index (χ1) is 8.90. The molecule has 1 aromatic rings. The van der Waals surface area contributed by atoms with Gasteiger partial charge in [0.05, 0.1) is 0 Å². The summed E-state index contributed by atoms with van der Waals surface area (Å²) >= 11 is 5.80. The molecule has 1 rings (SSSR count). The fourth-order valence-corrected chi connectivity index (χ4v) is 2.09. The van der Waals surface area contributed by atoms with Crippen LogP contribution in [0.4, 0.5) is 0 Å². The maximum Gasteiger partial charge on any atom is 0.255 e. The van der Waals surface area contributed by atoms with E-state index in [0.29, 0.717) is 18.9 Å². The van der Waals surface area contributed by atoms with Gasteiger partial charge in [0.2, 0.25) is 5.91 Å². The summed E-state index contributed by atoms with van der Waals surface area (Å²) in [5, 5.41) is 0.167. The summed E-state index contributed by atoms with van der Waals surface area (Å²) in [5.74, 6) is 0.479. The Morgan fingerprint density at radius 3 is 2.47 bits per heavy atom. The summed E-state index contributed by atoms with van der Waals surface area (Å²) in [6.45, 7) is 8.91. The molecule has 0 spiro atoms. The molecule has 0 atom stereocenters. The summed E-state index contributed by atoms with van der Waals surface area (Å²) in [7, 11) is 0. The van der Waals surface area contributed by atoms with Crippen molar-refractivity contribution >= 4 is 17.5 Å². The third-order valence-corrected chi connectivity index (χ3v) is 3.13. The highest BCUT2D eigenvalue weighted by molar-refractivity contribution is 6.29. The topological polar surface area (TPSA) is 55.2 Å². The second-order valence-electron chi connectivity index (χ2n) is 4.58. The van der Waals surface area contributed by atoms with Crippen LogP contribution in [0.2, 0.25) is 5.15 Å². The van der Waals surface area contributed by atoms with Crippen molar-refractivity contribution in [1.29, 1.82) is 0 Å². The number of rotatable bonds is 5. The van der Waals surface area contributed by atoms with Crippen LogP contribution in [0.25, 0.3) is 0 Å². The minimum absolute atomic E-state index is 0.0121. The average Bonchev–Trinajstić information content (AvgIpc) is 2.33. The number of carbonyl (C=O) groups excluding carboxylic acids is 1. The maximum atomic E-state index is 12.1. The van der Waals surface area contributed by atoms with Crippen LogP contribution in [-0.2, 0) is 11.3 Å². The Labute approximate surface area is 118 Å². The third kappa shape index (κ3) is 3.80. The van der Waals surface area contributed by atoms with Gasteiger partial charge in [-0.1, -0.05) is 25.4 Å². The van der Waals surface area contributed by atoms with Gasteiger partial charge in [0.1, 0.15) is 17.5 Å². The van der Waals surface area contributed by atoms with Crippen molar-refractivity contribution in [3.05, 3.63) is 27.4 Å². The lowest BCUT2D eigenvalue weighted by molar-refractivity contribution is -0.131. The Bertz CT molecular complexity index is 507. The monoisotopic (exact) mass is 285 g/mol. The van der Waals surface area contributed by atoms with Gasteiger partial charge in [0, 0.05) is 25.1 Å². The number of nitrogens with zero attached hydrogens (tertiary/aromatic N) is 3. The highest BCUT2D eigenvalue weighted by Gasteiger charge is 2.16. The van der Waals surface area contributed by atoms with Gasteiger partial charge in [-0.15, -0.1) is 0 Å². The molecule has 106 valence electrons. The highest BCUT2D eigenvalue weighted by atomic mass is 35.5. The number of carbonyl (C=O) groups is 1. The number of aromatic nitrogens is 2. The molecule has 0 radical (unpaired) electrons. The van der Waals surface area contributed by atoms with Crippen LogP contribution in [0.1, 0.15) is 39.4 Å². The fourth-order valence-electron chi connectivity index (χ4n) is 1.91. The van der Waals surface area contributed by atoms with E-state index in [9.17, 15) is 9.59 Å². The molecule has 6 heteroatoms. The quantitative estimate of drug-likeness (QED) is 0.776. The molecule has 0 saturated heterocycles. The molecule has 0 saturated carbocycles. The molecule has 0 aromatic carbocycles. The fraction of sp³-hybridized carbons (Fsp3) is 0.615. The van der Waals surface area contributed by atoms with Crippen LogP contribution < -0.4 is 5.56 Å². The van der Waals surface area contributed by atoms with Gasteiger partial charge in [-0.3, -0.25) is 14.2 Å². The molecule has 19 heavy (non-hydrogen) atoms. The Balaban J connectivity index is 3.13. The Morgan fingerprint density at radius 2 is 2.00 bits per heavy atom. The molecular weight excluding hydrogens is 266 g/mol. The van der Waals surface area contributed by atoms with Crippen molar-refractivity contribution in [2.24, 2.45) is 0 Å². The van der Waals surface area contributed by atoms with Gasteiger partial charge < -0.3 is 4.90 Å². The lowest BCUT2D eigenvalue weighted by Gasteiger charge is -2.21. The molecule has 0 aliphatic heterocycles. The standard InChI is InChI=1S/C13H20ClN3O2/c1-5-16(6-2)12(19)8-17-11(18)7-10(14)15-13(17)9(3)4/h7,9H,5-6,8H2,1-4H3. The van der Waals surface area contributed by atoms with Crippen LogP contribution in [0, 0.1) is 0 Å². The minimum atomic E-state index is -0.288. The van der Waals surface area contributed by atoms with Crippen molar-refractivity contribution in [3.63, 3.8) is 0 Å². The van der Waals surface area contributed by atoms with E-state index in [0.717, 1.165) is 0 Å². The zero-order valence-electron chi connectivity index (χ0n) is 11.8. The van der Waals surface area contributed by atoms with Crippen LogP contribution >= 0.6 is 11.6 Å². The first kappa shape index (κ1) is 15.7. The van der Waals surface area contributed by atoms with Crippen molar-refractivity contribution in [1.82, 2.24) is 14.5 Å². The Kier molecular flexibility index (Phi) is 5.54. The summed E-state index contributed by atoms with van der Waals surface area (Å²) in [5.41, 5.74) is -0.288. The van der Waals surface area contributed by atoms with E-state index in [-0.39, 0.29) is 29.1 Å². The second kappa shape index (κ2) is 6.70. The molecule has 5 nitrogen and oxygen atoms in total. The van der Waals surface area contributed by atoms with E-state index >= 15 is 0 Å². The van der Waals surface area contributed by atoms with E-state index in [1.807, 2.05) is 27.7 Å². The van der Waals surface area contributed by atoms with Crippen LogP contribution in [0.15, 0.2) is 10.9 Å². The number of likely N-dealkylation sites (N-methyl/N-ethyl adjacent to an activating group) is 1. The highest BCUT2D eigenvalue weighted by Crippen LogP contribution is 2.12. The number of halogens is 1. The average molecular weight is 286 g/mol. The minimum Gasteiger partial charge on any atom is -0.342 e. The van der Waals surface area contributed by atoms with E-state index in [1.54, 1.807) is 4.90 Å². The first-order valence-electron chi connectivity index (χ1n) is 6.45. The molecule has 0 bridgehead atoms. The molecule has 0 fully saturated rings. The lowest BCUT2D eigenvalue weighted by atomic mass is 10.2. The molecule has 0 aliphatic rings. The van der Waals surface area contributed by atoms with Crippen LogP contribution in [0.5, 0.6) is 0 Å². The van der Waals surface area contributed by atoms with E-state index in [1.165, 1.54) is 10.6 Å². The SMILES string of the molecule is CCN(CC)C(=O)Cn1c(C(C)C)nc(Cl)cc1=O. The molecule has 1 aromatic heterocycles. The van der Waals surface area contributed by atoms with Crippen LogP contribution in [-0.4, -0.2) is 33.4 Å². The van der Waals surface area contributed by atoms with Gasteiger partial charge in [-0.05, 0) is 13.8 Å². The summed E-state index contributed by atoms with van der Waals surface area (Å²) in [6.07, 6.45) is 0. The number of hydrogen-bond acceptors (Lipinski definition) is 3. The molecule has 0 N–H and O–H groups in total. The zero-order chi connectivity index (χ0) is 14.6. The smallest absolute Gasteiger partial charge is 0.255 e. The van der Waals surface area contributed by atoms with Gasteiger partial charge in [-0.25, -0.2) is 4.98 Å². The second-order valence-corrected chi connectivity index (χ2v) is 4.97. The predicted molar refractivity (Wildman–Crippen MR) is 75.5 cm³/mol. The van der Waals surface area contributed by atoms with E-state index in [2.05, 4.69) is 4.98 Å². The number of hydrogen-bond donors (Lipinski definition) is 0. The summed E-state index contributed by atoms with van der Waals surface area (Å²) in [4.78, 5) is 29.9. The lowest BCUT2D eigenvalue weighted by Crippen LogP contribution is -2.37. The van der Waals surface area contributed by atoms with E-state index < -0.39 is 0 Å². The molecule has 0 aliphatic carbocycles. The first-order valence-corrected chi connectivity index (χ1v) is 6.83. The normalized spacial score (nSPS) is 10.8. The van der Waals surface area contributed by atoms with Crippen molar-refractivity contribution in [2.45, 2.75) is 40.2 Å². The summed E-state index contributed by atoms with van der Waals surface area (Å²) in [6, 6.07) is 1.24. The third-order valence-electron chi connectivity index (χ3n) is 2.93. The van der Waals surface area contributed by atoms with Gasteiger partial charge in [0.15, 0.2) is 0 Å². The Hall–Kier alpha value is -1.36. The van der Waals surface area contributed by atoms with Gasteiger partial charge >= 0.3 is 0 Å². The van der Waals surface area contributed by atoms with Crippen molar-refractivity contribution < 1.29 is 4.79 Å². The van der Waals surface area contributed by atoms with Gasteiger partial charge in [0.25, 0.3) is 5.56 Å². The Morgan fingerprint density at radius 1 is 1.42 bits per heavy atom. The molecular formula is C13H20ClN3O2. The molecule has 1 amide bonds. The van der Waals surface area contributed by atoms with E-state index in [4.69, 9.17) is 11.6 Å². The zero-order valence-corrected chi connectivity index (χ0v) is 12.6. The largest absolute Gasteiger partial charge is 0.342 e. The molecule has 1 heterocycles. The predicted octanol–water partition coefficient (Wildman–Crippen LogP) is 1.89.